The van der Waals surface area contributed by atoms with Crippen LogP contribution in [-0.2, 0) is 0 Å². The Morgan fingerprint density at radius 1 is 0.727 bits per heavy atom. The maximum atomic E-state index is 5.92. The fraction of sp³-hybridized carbons (Fsp3) is 0. The first-order chi connectivity index (χ1) is 10.9. The third-order valence-corrected chi connectivity index (χ3v) is 3.68. The molecular weight excluding hydrogens is 269 g/mol. The molecule has 0 saturated heterocycles. The van der Waals surface area contributed by atoms with Gasteiger partial charge in [0.2, 0.25) is 0 Å². The summed E-state index contributed by atoms with van der Waals surface area (Å²) < 4.78 is 5.92. The molecule has 3 aromatic carbocycles. The van der Waals surface area contributed by atoms with Crippen molar-refractivity contribution in [2.75, 3.05) is 0 Å². The summed E-state index contributed by atoms with van der Waals surface area (Å²) in [5, 5.41) is 0. The summed E-state index contributed by atoms with van der Waals surface area (Å²) in [4.78, 5) is 4.14. The van der Waals surface area contributed by atoms with E-state index in [0.717, 1.165) is 22.5 Å². The lowest BCUT2D eigenvalue weighted by atomic mass is 9.84. The highest BCUT2D eigenvalue weighted by molar-refractivity contribution is 6.57. The lowest BCUT2D eigenvalue weighted by molar-refractivity contribution is 0.483. The number of ether oxygens (including phenoxy) is 1. The van der Waals surface area contributed by atoms with Crippen LogP contribution in [0.15, 0.2) is 77.7 Å². The zero-order valence-corrected chi connectivity index (χ0v) is 11.9. The molecule has 22 heavy (non-hydrogen) atoms. The number of nitrogens with zero attached hydrogens (tertiary/aromatic N) is 1. The van der Waals surface area contributed by atoms with Crippen LogP contribution in [-0.4, -0.2) is 13.6 Å². The maximum Gasteiger partial charge on any atom is 0.312 e. The van der Waals surface area contributed by atoms with Gasteiger partial charge in [0.05, 0.1) is 0 Å². The SMILES string of the molecule is [B]1N=Cc2ccc(Oc3ccc(-c4ccccc4)cc3)cc21. The summed E-state index contributed by atoms with van der Waals surface area (Å²) in [6, 6.07) is 24.5. The second-order valence-corrected chi connectivity index (χ2v) is 5.19. The fourth-order valence-corrected chi connectivity index (χ4v) is 2.53. The Hall–Kier alpha value is -2.81. The standard InChI is InChI=1S/C19H13BNO/c1-2-4-14(5-3-1)15-6-9-17(10-7-15)22-18-11-8-16-13-21-20-19(16)12-18/h1-13H. The second-order valence-electron chi connectivity index (χ2n) is 5.19. The molecule has 3 heteroatoms. The third kappa shape index (κ3) is 2.53. The van der Waals surface area contributed by atoms with Crippen LogP contribution in [0.2, 0.25) is 0 Å². The van der Waals surface area contributed by atoms with Gasteiger partial charge in [0.15, 0.2) is 0 Å². The number of benzene rings is 3. The molecule has 3 aromatic rings. The molecule has 103 valence electrons. The van der Waals surface area contributed by atoms with E-state index in [2.05, 4.69) is 29.2 Å². The molecular formula is C19H13BNO. The first-order valence-corrected chi connectivity index (χ1v) is 7.22. The number of fused-ring (bicyclic) bond motifs is 1. The first-order valence-electron chi connectivity index (χ1n) is 7.22. The van der Waals surface area contributed by atoms with E-state index in [9.17, 15) is 0 Å². The molecule has 0 saturated carbocycles. The Morgan fingerprint density at radius 2 is 1.45 bits per heavy atom. The van der Waals surface area contributed by atoms with E-state index in [1.165, 1.54) is 11.1 Å². The van der Waals surface area contributed by atoms with Gasteiger partial charge in [0, 0.05) is 6.21 Å². The minimum absolute atomic E-state index is 0.827. The molecule has 1 heterocycles. The molecule has 1 aliphatic heterocycles. The summed E-state index contributed by atoms with van der Waals surface area (Å²) in [5.74, 6) is 1.66. The molecule has 0 unspecified atom stereocenters. The van der Waals surface area contributed by atoms with E-state index in [1.807, 2.05) is 62.2 Å². The van der Waals surface area contributed by atoms with Gasteiger partial charge >= 0.3 is 7.41 Å². The average molecular weight is 282 g/mol. The molecule has 0 aliphatic carbocycles. The Kier molecular flexibility index (Phi) is 3.24. The maximum absolute atomic E-state index is 5.92. The Balaban J connectivity index is 1.54. The summed E-state index contributed by atoms with van der Waals surface area (Å²) in [6.07, 6.45) is 1.85. The lowest BCUT2D eigenvalue weighted by Gasteiger charge is -2.08. The van der Waals surface area contributed by atoms with Gasteiger partial charge in [-0.3, -0.25) is 0 Å². The van der Waals surface area contributed by atoms with Gasteiger partial charge in [0.25, 0.3) is 0 Å². The molecule has 0 atom stereocenters. The van der Waals surface area contributed by atoms with Gasteiger partial charge in [0.1, 0.15) is 11.5 Å². The Labute approximate surface area is 130 Å². The molecule has 0 spiro atoms. The Bertz CT molecular complexity index is 826. The van der Waals surface area contributed by atoms with Crippen LogP contribution in [0.3, 0.4) is 0 Å². The van der Waals surface area contributed by atoms with Crippen LogP contribution in [0.1, 0.15) is 5.56 Å². The van der Waals surface area contributed by atoms with E-state index < -0.39 is 0 Å². The fourth-order valence-electron chi connectivity index (χ4n) is 2.53. The van der Waals surface area contributed by atoms with Gasteiger partial charge in [-0.2, -0.15) is 0 Å². The minimum Gasteiger partial charge on any atom is -0.457 e. The summed E-state index contributed by atoms with van der Waals surface area (Å²) >= 11 is 0. The molecule has 0 bridgehead atoms. The van der Waals surface area contributed by atoms with Gasteiger partial charge in [-0.15, -0.1) is 0 Å². The number of rotatable bonds is 3. The minimum atomic E-state index is 0.827. The summed E-state index contributed by atoms with van der Waals surface area (Å²) in [6.45, 7) is 0. The van der Waals surface area contributed by atoms with Crippen LogP contribution in [0.25, 0.3) is 11.1 Å². The van der Waals surface area contributed by atoms with Crippen LogP contribution < -0.4 is 10.2 Å². The van der Waals surface area contributed by atoms with Crippen LogP contribution in [0.4, 0.5) is 0 Å². The normalized spacial score (nSPS) is 11.8. The van der Waals surface area contributed by atoms with Crippen LogP contribution >= 0.6 is 0 Å². The molecule has 4 rings (SSSR count). The third-order valence-electron chi connectivity index (χ3n) is 3.68. The largest absolute Gasteiger partial charge is 0.457 e. The van der Waals surface area contributed by atoms with Gasteiger partial charge in [-0.05, 0) is 46.4 Å². The van der Waals surface area contributed by atoms with Crippen molar-refractivity contribution in [3.63, 3.8) is 0 Å². The highest BCUT2D eigenvalue weighted by atomic mass is 16.5. The van der Waals surface area contributed by atoms with Crippen molar-refractivity contribution in [3.8, 4) is 22.6 Å². The van der Waals surface area contributed by atoms with E-state index >= 15 is 0 Å². The molecule has 0 fully saturated rings. The van der Waals surface area contributed by atoms with Crippen molar-refractivity contribution in [1.29, 1.82) is 0 Å². The van der Waals surface area contributed by atoms with Gasteiger partial charge < -0.3 is 9.64 Å². The number of hydrogen-bond donors (Lipinski definition) is 0. The van der Waals surface area contributed by atoms with E-state index in [0.29, 0.717) is 0 Å². The van der Waals surface area contributed by atoms with Crippen LogP contribution in [0, 0.1) is 0 Å². The van der Waals surface area contributed by atoms with E-state index in [-0.39, 0.29) is 0 Å². The molecule has 2 nitrogen and oxygen atoms in total. The molecule has 0 amide bonds. The van der Waals surface area contributed by atoms with Gasteiger partial charge in [-0.25, -0.2) is 0 Å². The number of hydrogen-bond acceptors (Lipinski definition) is 2. The predicted octanol–water partition coefficient (Wildman–Crippen LogP) is 3.82. The van der Waals surface area contributed by atoms with Crippen molar-refractivity contribution < 1.29 is 4.74 Å². The van der Waals surface area contributed by atoms with E-state index in [4.69, 9.17) is 4.74 Å². The first kappa shape index (κ1) is 12.9. The van der Waals surface area contributed by atoms with Crippen LogP contribution in [0.5, 0.6) is 11.5 Å². The molecule has 1 aliphatic rings. The molecule has 1 radical (unpaired) electrons. The van der Waals surface area contributed by atoms with Crippen molar-refractivity contribution in [3.05, 3.63) is 78.4 Å². The van der Waals surface area contributed by atoms with E-state index in [1.54, 1.807) is 0 Å². The zero-order chi connectivity index (χ0) is 14.8. The van der Waals surface area contributed by atoms with Crippen molar-refractivity contribution in [1.82, 2.24) is 0 Å². The van der Waals surface area contributed by atoms with Gasteiger partial charge in [-0.1, -0.05) is 48.5 Å². The highest BCUT2D eigenvalue weighted by Gasteiger charge is 2.09. The smallest absolute Gasteiger partial charge is 0.312 e. The van der Waals surface area contributed by atoms with Crippen molar-refractivity contribution in [2.24, 2.45) is 4.90 Å². The zero-order valence-electron chi connectivity index (χ0n) is 11.9. The Morgan fingerprint density at radius 3 is 2.27 bits per heavy atom. The summed E-state index contributed by atoms with van der Waals surface area (Å²) in [5.41, 5.74) is 4.62. The topological polar surface area (TPSA) is 21.6 Å². The highest BCUT2D eigenvalue weighted by Crippen LogP contribution is 2.25. The second kappa shape index (κ2) is 5.53. The predicted molar refractivity (Wildman–Crippen MR) is 91.4 cm³/mol. The lowest BCUT2D eigenvalue weighted by Crippen LogP contribution is -2.11. The average Bonchev–Trinajstić information content (AvgIpc) is 3.04. The summed E-state index contributed by atoms with van der Waals surface area (Å²) in [7, 11) is 1.85. The molecule has 0 N–H and O–H groups in total. The molecule has 0 aromatic heterocycles. The van der Waals surface area contributed by atoms with Crippen molar-refractivity contribution >= 4 is 19.1 Å². The monoisotopic (exact) mass is 282 g/mol. The van der Waals surface area contributed by atoms with Crippen molar-refractivity contribution in [2.45, 2.75) is 0 Å². The quantitative estimate of drug-likeness (QED) is 0.669.